The van der Waals surface area contributed by atoms with Gasteiger partial charge in [0.25, 0.3) is 0 Å². The largest absolute Gasteiger partial charge is 0.355 e. The van der Waals surface area contributed by atoms with E-state index >= 15 is 0 Å². The van der Waals surface area contributed by atoms with E-state index in [-0.39, 0.29) is 5.91 Å². The molecule has 0 spiro atoms. The van der Waals surface area contributed by atoms with Gasteiger partial charge in [-0.15, -0.1) is 0 Å². The van der Waals surface area contributed by atoms with E-state index in [9.17, 15) is 4.79 Å². The molecule has 23 heavy (non-hydrogen) atoms. The monoisotopic (exact) mass is 327 g/mol. The molecule has 2 nitrogen and oxygen atoms in total. The van der Waals surface area contributed by atoms with Crippen molar-refractivity contribution >= 4 is 17.7 Å². The first-order valence-electron chi connectivity index (χ1n) is 8.01. The summed E-state index contributed by atoms with van der Waals surface area (Å²) in [6.45, 7) is 6.94. The molecule has 0 fully saturated rings. The topological polar surface area (TPSA) is 29.1 Å². The highest BCUT2D eigenvalue weighted by molar-refractivity contribution is 7.98. The predicted octanol–water partition coefficient (Wildman–Crippen LogP) is 4.20. The fraction of sp³-hybridized carbons (Fsp3) is 0.350. The predicted molar refractivity (Wildman–Crippen MR) is 100.0 cm³/mol. The first-order valence-corrected chi connectivity index (χ1v) is 9.16. The van der Waals surface area contributed by atoms with Crippen LogP contribution in [0.1, 0.15) is 27.8 Å². The second-order valence-electron chi connectivity index (χ2n) is 5.99. The lowest BCUT2D eigenvalue weighted by molar-refractivity contribution is -0.120. The van der Waals surface area contributed by atoms with Gasteiger partial charge in [0, 0.05) is 18.1 Å². The highest BCUT2D eigenvalue weighted by Gasteiger charge is 2.05. The van der Waals surface area contributed by atoms with Gasteiger partial charge in [0.05, 0.1) is 6.42 Å². The highest BCUT2D eigenvalue weighted by Crippen LogP contribution is 2.13. The smallest absolute Gasteiger partial charge is 0.224 e. The third kappa shape index (κ3) is 6.11. The molecule has 0 heterocycles. The van der Waals surface area contributed by atoms with E-state index in [1.54, 1.807) is 0 Å². The fourth-order valence-corrected chi connectivity index (χ4v) is 3.18. The van der Waals surface area contributed by atoms with Crippen molar-refractivity contribution in [2.24, 2.45) is 0 Å². The average Bonchev–Trinajstić information content (AvgIpc) is 2.52. The summed E-state index contributed by atoms with van der Waals surface area (Å²) in [4.78, 5) is 12.0. The van der Waals surface area contributed by atoms with Crippen LogP contribution in [-0.2, 0) is 17.0 Å². The van der Waals surface area contributed by atoms with Crippen LogP contribution in [0.5, 0.6) is 0 Å². The Morgan fingerprint density at radius 2 is 1.70 bits per heavy atom. The van der Waals surface area contributed by atoms with Gasteiger partial charge in [0.15, 0.2) is 0 Å². The van der Waals surface area contributed by atoms with Gasteiger partial charge in [-0.1, -0.05) is 53.6 Å². The standard InChI is InChI=1S/C20H25NOS/c1-15-5-8-18(9-6-15)14-23-11-10-21-20(22)13-19-12-16(2)4-7-17(19)3/h4-9,12H,10-11,13-14H2,1-3H3,(H,21,22). The maximum absolute atomic E-state index is 12.0. The van der Waals surface area contributed by atoms with Crippen molar-refractivity contribution in [1.29, 1.82) is 0 Å². The molecule has 2 aromatic carbocycles. The number of nitrogens with one attached hydrogen (secondary N) is 1. The zero-order valence-corrected chi connectivity index (χ0v) is 15.0. The van der Waals surface area contributed by atoms with Gasteiger partial charge in [-0.05, 0) is 37.5 Å². The van der Waals surface area contributed by atoms with Crippen LogP contribution >= 0.6 is 11.8 Å². The van der Waals surface area contributed by atoms with Gasteiger partial charge in [0.1, 0.15) is 0 Å². The molecule has 0 aliphatic heterocycles. The molecule has 0 bridgehead atoms. The molecule has 2 aromatic rings. The number of carbonyl (C=O) groups is 1. The summed E-state index contributed by atoms with van der Waals surface area (Å²) in [6, 6.07) is 14.9. The molecule has 0 aromatic heterocycles. The lowest BCUT2D eigenvalue weighted by atomic mass is 10.0. The minimum Gasteiger partial charge on any atom is -0.355 e. The summed E-state index contributed by atoms with van der Waals surface area (Å²) in [6.07, 6.45) is 0.468. The van der Waals surface area contributed by atoms with Crippen molar-refractivity contribution in [2.75, 3.05) is 12.3 Å². The maximum Gasteiger partial charge on any atom is 0.224 e. The Labute approximate surface area is 143 Å². The molecular weight excluding hydrogens is 302 g/mol. The fourth-order valence-electron chi connectivity index (χ4n) is 2.36. The molecule has 122 valence electrons. The van der Waals surface area contributed by atoms with Crippen LogP contribution in [0.2, 0.25) is 0 Å². The number of carbonyl (C=O) groups excluding carboxylic acids is 1. The Kier molecular flexibility index (Phi) is 6.72. The summed E-state index contributed by atoms with van der Waals surface area (Å²) < 4.78 is 0. The third-order valence-electron chi connectivity index (χ3n) is 3.81. The molecule has 0 saturated heterocycles. The van der Waals surface area contributed by atoms with E-state index in [2.05, 4.69) is 68.6 Å². The average molecular weight is 327 g/mol. The van der Waals surface area contributed by atoms with E-state index in [0.29, 0.717) is 6.42 Å². The second kappa shape index (κ2) is 8.78. The molecule has 0 aliphatic carbocycles. The lowest BCUT2D eigenvalue weighted by Gasteiger charge is -2.08. The zero-order chi connectivity index (χ0) is 16.7. The van der Waals surface area contributed by atoms with Crippen LogP contribution in [0, 0.1) is 20.8 Å². The molecular formula is C20H25NOS. The normalized spacial score (nSPS) is 10.6. The van der Waals surface area contributed by atoms with Crippen LogP contribution in [0.3, 0.4) is 0 Å². The Bertz CT molecular complexity index is 649. The number of thioether (sulfide) groups is 1. The van der Waals surface area contributed by atoms with Crippen molar-refractivity contribution in [3.8, 4) is 0 Å². The van der Waals surface area contributed by atoms with Gasteiger partial charge in [-0.3, -0.25) is 4.79 Å². The Hall–Kier alpha value is -1.74. The number of hydrogen-bond donors (Lipinski definition) is 1. The molecule has 3 heteroatoms. The molecule has 2 rings (SSSR count). The summed E-state index contributed by atoms with van der Waals surface area (Å²) >= 11 is 1.85. The number of rotatable bonds is 7. The van der Waals surface area contributed by atoms with Gasteiger partial charge < -0.3 is 5.32 Å². The maximum atomic E-state index is 12.0. The minimum atomic E-state index is 0.106. The van der Waals surface area contributed by atoms with E-state index in [0.717, 1.165) is 23.6 Å². The summed E-state index contributed by atoms with van der Waals surface area (Å²) in [5, 5.41) is 3.01. The Balaban J connectivity index is 1.67. The molecule has 0 saturated carbocycles. The molecule has 0 unspecified atom stereocenters. The zero-order valence-electron chi connectivity index (χ0n) is 14.2. The second-order valence-corrected chi connectivity index (χ2v) is 7.10. The van der Waals surface area contributed by atoms with Crippen LogP contribution in [0.4, 0.5) is 0 Å². The molecule has 0 radical (unpaired) electrons. The molecule has 1 N–H and O–H groups in total. The number of benzene rings is 2. The number of hydrogen-bond acceptors (Lipinski definition) is 2. The van der Waals surface area contributed by atoms with Crippen molar-refractivity contribution in [3.05, 3.63) is 70.3 Å². The molecule has 0 aliphatic rings. The van der Waals surface area contributed by atoms with E-state index in [1.807, 2.05) is 11.8 Å². The summed E-state index contributed by atoms with van der Waals surface area (Å²) in [5.74, 6) is 2.04. The van der Waals surface area contributed by atoms with Crippen LogP contribution in [0.15, 0.2) is 42.5 Å². The quantitative estimate of drug-likeness (QED) is 0.772. The number of aryl methyl sites for hydroxylation is 3. The summed E-state index contributed by atoms with van der Waals surface area (Å²) in [7, 11) is 0. The molecule has 0 atom stereocenters. The SMILES string of the molecule is Cc1ccc(CSCCNC(=O)Cc2cc(C)ccc2C)cc1. The van der Waals surface area contributed by atoms with Gasteiger partial charge in [-0.25, -0.2) is 0 Å². The van der Waals surface area contributed by atoms with E-state index < -0.39 is 0 Å². The molecule has 1 amide bonds. The number of amides is 1. The summed E-state index contributed by atoms with van der Waals surface area (Å²) in [5.41, 5.74) is 6.13. The van der Waals surface area contributed by atoms with Crippen molar-refractivity contribution < 1.29 is 4.79 Å². The Morgan fingerprint density at radius 3 is 2.43 bits per heavy atom. The van der Waals surface area contributed by atoms with Crippen molar-refractivity contribution in [1.82, 2.24) is 5.32 Å². The lowest BCUT2D eigenvalue weighted by Crippen LogP contribution is -2.27. The van der Waals surface area contributed by atoms with E-state index in [4.69, 9.17) is 0 Å². The van der Waals surface area contributed by atoms with Crippen molar-refractivity contribution in [3.63, 3.8) is 0 Å². The van der Waals surface area contributed by atoms with Crippen molar-refractivity contribution in [2.45, 2.75) is 32.9 Å². The van der Waals surface area contributed by atoms with Crippen LogP contribution < -0.4 is 5.32 Å². The van der Waals surface area contributed by atoms with Crippen LogP contribution in [0.25, 0.3) is 0 Å². The highest BCUT2D eigenvalue weighted by atomic mass is 32.2. The third-order valence-corrected chi connectivity index (χ3v) is 4.84. The first kappa shape index (κ1) is 17.6. The van der Waals surface area contributed by atoms with Gasteiger partial charge in [0.2, 0.25) is 5.91 Å². The minimum absolute atomic E-state index is 0.106. The van der Waals surface area contributed by atoms with Gasteiger partial charge in [-0.2, -0.15) is 11.8 Å². The van der Waals surface area contributed by atoms with Crippen LogP contribution in [-0.4, -0.2) is 18.2 Å². The van der Waals surface area contributed by atoms with E-state index in [1.165, 1.54) is 22.3 Å². The first-order chi connectivity index (χ1) is 11.0. The van der Waals surface area contributed by atoms with Gasteiger partial charge >= 0.3 is 0 Å². The Morgan fingerprint density at radius 1 is 1.00 bits per heavy atom.